The fraction of sp³-hybridized carbons (Fsp3) is 0.562. The second-order valence-electron chi connectivity index (χ2n) is 6.37. The van der Waals surface area contributed by atoms with E-state index in [0.29, 0.717) is 23.7 Å². The molecule has 3 heteroatoms. The van der Waals surface area contributed by atoms with Gasteiger partial charge >= 0.3 is 0 Å². The van der Waals surface area contributed by atoms with Gasteiger partial charge in [-0.25, -0.2) is 0 Å². The summed E-state index contributed by atoms with van der Waals surface area (Å²) in [6.07, 6.45) is 4.97. The van der Waals surface area contributed by atoms with Crippen LogP contribution in [0.2, 0.25) is 0 Å². The Morgan fingerprint density at radius 1 is 1.21 bits per heavy atom. The maximum absolute atomic E-state index is 12.8. The van der Waals surface area contributed by atoms with Gasteiger partial charge in [0.25, 0.3) is 0 Å². The lowest BCUT2D eigenvalue weighted by Crippen LogP contribution is -3.16. The third kappa shape index (κ3) is 1.77. The van der Waals surface area contributed by atoms with E-state index >= 15 is 0 Å². The number of quaternary nitrogens is 1. The van der Waals surface area contributed by atoms with Gasteiger partial charge in [-0.2, -0.15) is 0 Å². The van der Waals surface area contributed by atoms with Gasteiger partial charge in [-0.3, -0.25) is 4.79 Å². The van der Waals surface area contributed by atoms with Gasteiger partial charge in [0.15, 0.2) is 5.78 Å². The van der Waals surface area contributed by atoms with Crippen molar-refractivity contribution in [1.29, 1.82) is 0 Å². The second-order valence-corrected chi connectivity index (χ2v) is 6.37. The maximum Gasteiger partial charge on any atom is 0.172 e. The van der Waals surface area contributed by atoms with Crippen LogP contribution >= 0.6 is 0 Å². The van der Waals surface area contributed by atoms with Crippen molar-refractivity contribution in [2.45, 2.75) is 37.8 Å². The van der Waals surface area contributed by atoms with Crippen LogP contribution in [0.15, 0.2) is 24.3 Å². The van der Waals surface area contributed by atoms with E-state index in [2.05, 4.69) is 19.2 Å². The number of benzene rings is 1. The van der Waals surface area contributed by atoms with Crippen molar-refractivity contribution < 1.29 is 22.1 Å². The Bertz CT molecular complexity index is 515. The number of carbonyl (C=O) groups excluding carboxylic acids is 1. The van der Waals surface area contributed by atoms with E-state index in [4.69, 9.17) is 0 Å². The van der Waals surface area contributed by atoms with Crippen molar-refractivity contribution >= 4 is 5.78 Å². The predicted molar refractivity (Wildman–Crippen MR) is 69.8 cm³/mol. The fourth-order valence-electron chi connectivity index (χ4n) is 4.75. The highest BCUT2D eigenvalue weighted by molar-refractivity contribution is 6.00. The molecule has 2 heterocycles. The molecule has 1 N–H and O–H groups in total. The maximum atomic E-state index is 12.8. The van der Waals surface area contributed by atoms with Gasteiger partial charge in [-0.15, -0.1) is 0 Å². The van der Waals surface area contributed by atoms with Crippen molar-refractivity contribution in [1.82, 2.24) is 0 Å². The van der Waals surface area contributed by atoms with Crippen LogP contribution in [-0.4, -0.2) is 24.9 Å². The minimum Gasteiger partial charge on any atom is -1.00 e. The normalized spacial score (nSPS) is 39.2. The average Bonchev–Trinajstić information content (AvgIpc) is 2.62. The molecule has 0 spiro atoms. The summed E-state index contributed by atoms with van der Waals surface area (Å²) in [7, 11) is 2.30. The van der Waals surface area contributed by atoms with Gasteiger partial charge in [0.05, 0.1) is 25.0 Å². The number of piperidine rings is 1. The van der Waals surface area contributed by atoms with E-state index in [1.807, 2.05) is 12.1 Å². The van der Waals surface area contributed by atoms with E-state index < -0.39 is 0 Å². The molecule has 1 aromatic rings. The summed E-state index contributed by atoms with van der Waals surface area (Å²) < 4.78 is 0. The highest BCUT2D eigenvalue weighted by Gasteiger charge is 2.53. The summed E-state index contributed by atoms with van der Waals surface area (Å²) in [6.45, 7) is 0. The zero-order valence-electron chi connectivity index (χ0n) is 11.2. The van der Waals surface area contributed by atoms with Crippen molar-refractivity contribution in [2.75, 3.05) is 7.05 Å². The molecule has 5 atom stereocenters. The average molecular weight is 278 g/mol. The minimum atomic E-state index is 0. The molecule has 4 rings (SSSR count). The summed E-state index contributed by atoms with van der Waals surface area (Å²) >= 11 is 0. The molecule has 102 valence electrons. The highest BCUT2D eigenvalue weighted by Crippen LogP contribution is 2.40. The lowest BCUT2D eigenvalue weighted by atomic mass is 9.68. The van der Waals surface area contributed by atoms with E-state index in [0.717, 1.165) is 18.0 Å². The van der Waals surface area contributed by atoms with Crippen LogP contribution in [0.1, 0.15) is 35.2 Å². The summed E-state index contributed by atoms with van der Waals surface area (Å²) in [5.74, 6) is 1.36. The Morgan fingerprint density at radius 3 is 2.84 bits per heavy atom. The van der Waals surface area contributed by atoms with E-state index in [9.17, 15) is 4.79 Å². The molecule has 2 nitrogen and oxygen atoms in total. The molecule has 0 saturated carbocycles. The van der Waals surface area contributed by atoms with Crippen LogP contribution in [0.25, 0.3) is 0 Å². The van der Waals surface area contributed by atoms with Crippen LogP contribution in [0.4, 0.5) is 0 Å². The van der Waals surface area contributed by atoms with E-state index in [1.165, 1.54) is 24.8 Å². The first-order valence-electron chi connectivity index (χ1n) is 7.21. The van der Waals surface area contributed by atoms with Crippen LogP contribution in [-0.2, 0) is 6.42 Å². The first-order chi connectivity index (χ1) is 8.75. The number of ketones is 1. The largest absolute Gasteiger partial charge is 1.00 e. The molecular weight excluding hydrogens is 258 g/mol. The zero-order valence-corrected chi connectivity index (χ0v) is 12.0. The number of halogens is 1. The zero-order chi connectivity index (χ0) is 12.3. The third-order valence-electron chi connectivity index (χ3n) is 5.65. The lowest BCUT2D eigenvalue weighted by molar-refractivity contribution is -0.926. The fourth-order valence-corrected chi connectivity index (χ4v) is 4.75. The molecule has 5 unspecified atom stereocenters. The topological polar surface area (TPSA) is 21.5 Å². The SMILES string of the molecule is C[NH+]1C2CCC1C1C(=O)c3ccccc3CC1C2.[Cl-]. The van der Waals surface area contributed by atoms with Crippen molar-refractivity contribution in [3.05, 3.63) is 35.4 Å². The van der Waals surface area contributed by atoms with Crippen molar-refractivity contribution in [2.24, 2.45) is 11.8 Å². The molecule has 2 saturated heterocycles. The van der Waals surface area contributed by atoms with Gasteiger partial charge in [-0.05, 0) is 17.9 Å². The summed E-state index contributed by atoms with van der Waals surface area (Å²) in [6, 6.07) is 9.67. The number of hydrogen-bond acceptors (Lipinski definition) is 1. The van der Waals surface area contributed by atoms with Gasteiger partial charge in [0.2, 0.25) is 0 Å². The van der Waals surface area contributed by atoms with Gasteiger partial charge in [-0.1, -0.05) is 24.3 Å². The standard InChI is InChI=1S/C16H19NO.ClH/c1-17-12-6-7-14(17)15-11(9-12)8-10-4-2-3-5-13(10)16(15)18;/h2-5,11-12,14-15H,6-9H2,1H3;1H. The minimum absolute atomic E-state index is 0. The Balaban J connectivity index is 0.00000110. The summed E-state index contributed by atoms with van der Waals surface area (Å²) in [4.78, 5) is 14.4. The number of Topliss-reactive ketones (excluding diaryl/α,β-unsaturated/α-hetero) is 1. The lowest BCUT2D eigenvalue weighted by Gasteiger charge is -2.42. The molecule has 2 fully saturated rings. The molecule has 2 bridgehead atoms. The molecule has 3 aliphatic rings. The number of rotatable bonds is 0. The van der Waals surface area contributed by atoms with Gasteiger partial charge in [0, 0.05) is 24.8 Å². The van der Waals surface area contributed by atoms with Crippen LogP contribution in [0, 0.1) is 11.8 Å². The molecule has 1 aliphatic carbocycles. The number of carbonyl (C=O) groups is 1. The van der Waals surface area contributed by atoms with Crippen molar-refractivity contribution in [3.63, 3.8) is 0 Å². The molecule has 0 amide bonds. The van der Waals surface area contributed by atoms with Gasteiger partial charge < -0.3 is 17.3 Å². The van der Waals surface area contributed by atoms with E-state index in [-0.39, 0.29) is 12.4 Å². The Labute approximate surface area is 120 Å². The Kier molecular flexibility index (Phi) is 3.18. The molecular formula is C16H20ClNO. The first-order valence-corrected chi connectivity index (χ1v) is 7.21. The second kappa shape index (κ2) is 4.60. The molecule has 1 aromatic carbocycles. The first kappa shape index (κ1) is 13.1. The smallest absolute Gasteiger partial charge is 0.172 e. The molecule has 0 radical (unpaired) electrons. The summed E-state index contributed by atoms with van der Waals surface area (Å²) in [5, 5.41) is 0. The van der Waals surface area contributed by atoms with Crippen molar-refractivity contribution in [3.8, 4) is 0 Å². The summed E-state index contributed by atoms with van der Waals surface area (Å²) in [5.41, 5.74) is 2.31. The predicted octanol–water partition coefficient (Wildman–Crippen LogP) is -1.89. The molecule has 19 heavy (non-hydrogen) atoms. The highest BCUT2D eigenvalue weighted by atomic mass is 35.5. The number of nitrogens with one attached hydrogen (secondary N) is 1. The number of fused-ring (bicyclic) bond motifs is 5. The molecule has 2 aliphatic heterocycles. The van der Waals surface area contributed by atoms with Crippen LogP contribution < -0.4 is 17.3 Å². The third-order valence-corrected chi connectivity index (χ3v) is 5.65. The molecule has 0 aromatic heterocycles. The Hall–Kier alpha value is -0.860. The van der Waals surface area contributed by atoms with Gasteiger partial charge in [0.1, 0.15) is 0 Å². The monoisotopic (exact) mass is 277 g/mol. The quantitative estimate of drug-likeness (QED) is 0.589. The van der Waals surface area contributed by atoms with E-state index in [1.54, 1.807) is 4.90 Å². The Morgan fingerprint density at radius 2 is 2.00 bits per heavy atom. The van der Waals surface area contributed by atoms with Crippen LogP contribution in [0.5, 0.6) is 0 Å². The van der Waals surface area contributed by atoms with Crippen LogP contribution in [0.3, 0.4) is 0 Å². The number of hydrogen-bond donors (Lipinski definition) is 1.